The predicted octanol–water partition coefficient (Wildman–Crippen LogP) is 5.67. The first-order valence-corrected chi connectivity index (χ1v) is 11.3. The highest BCUT2D eigenvalue weighted by molar-refractivity contribution is 5.76. The Morgan fingerprint density at radius 1 is 0.760 bits per heavy atom. The normalized spacial score (nSPS) is 16.4. The molecule has 25 heavy (non-hydrogen) atoms. The molecule has 1 fully saturated rings. The summed E-state index contributed by atoms with van der Waals surface area (Å²) in [5.74, 6) is 0.0312. The van der Waals surface area contributed by atoms with Crippen molar-refractivity contribution in [3.05, 3.63) is 0 Å². The molecule has 0 aromatic rings. The van der Waals surface area contributed by atoms with Gasteiger partial charge in [0, 0.05) is 5.92 Å². The maximum absolute atomic E-state index is 11.2. The Bertz CT molecular complexity index is 311. The molecule has 0 aliphatic carbocycles. The fraction of sp³-hybridized carbons (Fsp3) is 0.955. The number of carbonyl (C=O) groups excluding carboxylic acids is 1. The molecule has 148 valence electrons. The second-order valence-corrected chi connectivity index (χ2v) is 8.11. The van der Waals surface area contributed by atoms with Gasteiger partial charge in [0.25, 0.3) is 0 Å². The molecule has 0 aromatic carbocycles. The first kappa shape index (κ1) is 22.5. The van der Waals surface area contributed by atoms with Crippen LogP contribution in [-0.2, 0) is 4.79 Å². The topological polar surface area (TPSA) is 46.3 Å². The van der Waals surface area contributed by atoms with E-state index in [2.05, 4.69) is 11.8 Å². The van der Waals surface area contributed by atoms with Gasteiger partial charge in [-0.05, 0) is 38.9 Å². The maximum Gasteiger partial charge on any atom is 0.220 e. The molecule has 1 aliphatic heterocycles. The van der Waals surface area contributed by atoms with Crippen LogP contribution < -0.4 is 5.73 Å². The Balaban J connectivity index is 1.76. The van der Waals surface area contributed by atoms with Gasteiger partial charge >= 0.3 is 0 Å². The number of hydrogen-bond donors (Lipinski definition) is 1. The minimum Gasteiger partial charge on any atom is -0.369 e. The number of unbranched alkanes of at least 4 members (excludes halogenated alkanes) is 13. The van der Waals surface area contributed by atoms with Gasteiger partial charge in [-0.2, -0.15) is 0 Å². The predicted molar refractivity (Wildman–Crippen MR) is 109 cm³/mol. The van der Waals surface area contributed by atoms with E-state index < -0.39 is 0 Å². The van der Waals surface area contributed by atoms with Crippen molar-refractivity contribution >= 4 is 5.91 Å². The van der Waals surface area contributed by atoms with Gasteiger partial charge in [0.05, 0.1) is 0 Å². The molecule has 1 aliphatic rings. The number of amides is 1. The van der Waals surface area contributed by atoms with E-state index in [1.54, 1.807) is 0 Å². The summed E-state index contributed by atoms with van der Waals surface area (Å²) in [7, 11) is 0. The lowest BCUT2D eigenvalue weighted by molar-refractivity contribution is -0.123. The molecule has 0 bridgehead atoms. The van der Waals surface area contributed by atoms with Gasteiger partial charge in [-0.25, -0.2) is 0 Å². The molecule has 1 amide bonds. The fourth-order valence-corrected chi connectivity index (χ4v) is 3.97. The zero-order valence-corrected chi connectivity index (χ0v) is 16.9. The van der Waals surface area contributed by atoms with E-state index in [1.807, 2.05) is 0 Å². The van der Waals surface area contributed by atoms with Crippen molar-refractivity contribution in [1.82, 2.24) is 4.90 Å². The van der Waals surface area contributed by atoms with Crippen LogP contribution >= 0.6 is 0 Å². The Morgan fingerprint density at radius 3 is 1.56 bits per heavy atom. The number of likely N-dealkylation sites (tertiary alicyclic amines) is 1. The zero-order chi connectivity index (χ0) is 18.2. The van der Waals surface area contributed by atoms with Crippen molar-refractivity contribution in [2.45, 2.75) is 110 Å². The standard InChI is InChI=1S/C22H44N2O/c1-2-3-4-5-6-7-8-9-10-11-12-13-14-15-18-24-19-16-21(17-20-24)22(23)25/h21H,2-20H2,1H3,(H2,23,25). The van der Waals surface area contributed by atoms with Crippen molar-refractivity contribution < 1.29 is 4.79 Å². The van der Waals surface area contributed by atoms with Crippen LogP contribution in [0, 0.1) is 5.92 Å². The first-order valence-electron chi connectivity index (χ1n) is 11.3. The summed E-state index contributed by atoms with van der Waals surface area (Å²) in [6, 6.07) is 0. The number of hydrogen-bond acceptors (Lipinski definition) is 2. The molecule has 1 saturated heterocycles. The number of piperidine rings is 1. The van der Waals surface area contributed by atoms with E-state index >= 15 is 0 Å². The number of rotatable bonds is 16. The van der Waals surface area contributed by atoms with Gasteiger partial charge in [0.1, 0.15) is 0 Å². The average molecular weight is 353 g/mol. The maximum atomic E-state index is 11.2. The number of nitrogens with zero attached hydrogens (tertiary/aromatic N) is 1. The Kier molecular flexibility index (Phi) is 14.1. The lowest BCUT2D eigenvalue weighted by atomic mass is 9.96. The van der Waals surface area contributed by atoms with Crippen molar-refractivity contribution in [1.29, 1.82) is 0 Å². The summed E-state index contributed by atoms with van der Waals surface area (Å²) in [4.78, 5) is 13.7. The fourth-order valence-electron chi connectivity index (χ4n) is 3.97. The molecule has 1 heterocycles. The van der Waals surface area contributed by atoms with Gasteiger partial charge in [0.2, 0.25) is 5.91 Å². The van der Waals surface area contributed by atoms with Gasteiger partial charge < -0.3 is 10.6 Å². The van der Waals surface area contributed by atoms with Crippen LogP contribution in [0.2, 0.25) is 0 Å². The summed E-state index contributed by atoms with van der Waals surface area (Å²) in [6.07, 6.45) is 21.8. The highest BCUT2D eigenvalue weighted by atomic mass is 16.1. The molecular formula is C22H44N2O. The molecular weight excluding hydrogens is 308 g/mol. The van der Waals surface area contributed by atoms with Crippen LogP contribution in [0.1, 0.15) is 110 Å². The summed E-state index contributed by atoms with van der Waals surface area (Å²) in [5.41, 5.74) is 5.39. The number of carbonyl (C=O) groups is 1. The molecule has 0 unspecified atom stereocenters. The quantitative estimate of drug-likeness (QED) is 0.364. The molecule has 1 rings (SSSR count). The third kappa shape index (κ3) is 12.4. The Morgan fingerprint density at radius 2 is 1.16 bits per heavy atom. The van der Waals surface area contributed by atoms with Crippen LogP contribution in [0.25, 0.3) is 0 Å². The molecule has 3 nitrogen and oxygen atoms in total. The van der Waals surface area contributed by atoms with Crippen LogP contribution in [0.4, 0.5) is 0 Å². The van der Waals surface area contributed by atoms with Crippen molar-refractivity contribution in [2.75, 3.05) is 19.6 Å². The highest BCUT2D eigenvalue weighted by Crippen LogP contribution is 2.17. The van der Waals surface area contributed by atoms with Crippen LogP contribution in [0.15, 0.2) is 0 Å². The van der Waals surface area contributed by atoms with Gasteiger partial charge in [0.15, 0.2) is 0 Å². The SMILES string of the molecule is CCCCCCCCCCCCCCCCN1CCC(C(N)=O)CC1. The molecule has 0 spiro atoms. The van der Waals surface area contributed by atoms with Gasteiger partial charge in [-0.1, -0.05) is 90.4 Å². The summed E-state index contributed by atoms with van der Waals surface area (Å²) >= 11 is 0. The molecule has 0 atom stereocenters. The van der Waals surface area contributed by atoms with E-state index in [0.29, 0.717) is 0 Å². The zero-order valence-electron chi connectivity index (χ0n) is 16.9. The third-order valence-electron chi connectivity index (χ3n) is 5.82. The summed E-state index contributed by atoms with van der Waals surface area (Å²) in [6.45, 7) is 5.62. The third-order valence-corrected chi connectivity index (χ3v) is 5.82. The van der Waals surface area contributed by atoms with E-state index in [0.717, 1.165) is 25.9 Å². The first-order chi connectivity index (χ1) is 12.2. The van der Waals surface area contributed by atoms with Crippen molar-refractivity contribution in [2.24, 2.45) is 11.7 Å². The van der Waals surface area contributed by atoms with E-state index in [-0.39, 0.29) is 11.8 Å². The largest absolute Gasteiger partial charge is 0.369 e. The van der Waals surface area contributed by atoms with E-state index in [1.165, 1.54) is 96.4 Å². The van der Waals surface area contributed by atoms with Crippen molar-refractivity contribution in [3.8, 4) is 0 Å². The molecule has 2 N–H and O–H groups in total. The lowest BCUT2D eigenvalue weighted by Gasteiger charge is -2.30. The molecule has 0 radical (unpaired) electrons. The lowest BCUT2D eigenvalue weighted by Crippen LogP contribution is -2.38. The minimum absolute atomic E-state index is 0.101. The second kappa shape index (κ2) is 15.7. The van der Waals surface area contributed by atoms with Gasteiger partial charge in [-0.3, -0.25) is 4.79 Å². The Labute approximate surface area is 157 Å². The van der Waals surface area contributed by atoms with Crippen LogP contribution in [-0.4, -0.2) is 30.4 Å². The highest BCUT2D eigenvalue weighted by Gasteiger charge is 2.22. The number of nitrogens with two attached hydrogens (primary N) is 1. The van der Waals surface area contributed by atoms with E-state index in [4.69, 9.17) is 5.73 Å². The Hall–Kier alpha value is -0.570. The van der Waals surface area contributed by atoms with E-state index in [9.17, 15) is 4.79 Å². The second-order valence-electron chi connectivity index (χ2n) is 8.11. The monoisotopic (exact) mass is 352 g/mol. The smallest absolute Gasteiger partial charge is 0.220 e. The van der Waals surface area contributed by atoms with Crippen molar-refractivity contribution in [3.63, 3.8) is 0 Å². The number of primary amides is 1. The van der Waals surface area contributed by atoms with Crippen LogP contribution in [0.5, 0.6) is 0 Å². The average Bonchev–Trinajstić information content (AvgIpc) is 2.62. The molecule has 0 aromatic heterocycles. The van der Waals surface area contributed by atoms with Crippen LogP contribution in [0.3, 0.4) is 0 Å². The van der Waals surface area contributed by atoms with Gasteiger partial charge in [-0.15, -0.1) is 0 Å². The minimum atomic E-state index is -0.101. The summed E-state index contributed by atoms with van der Waals surface area (Å²) in [5, 5.41) is 0. The summed E-state index contributed by atoms with van der Waals surface area (Å²) < 4.78 is 0. The molecule has 0 saturated carbocycles. The molecule has 3 heteroatoms.